The molecule has 0 fully saturated rings. The van der Waals surface area contributed by atoms with Gasteiger partial charge in [-0.05, 0) is 53.7 Å². The molecule has 2 aromatic carbocycles. The molecule has 4 N–H and O–H groups in total. The minimum Gasteiger partial charge on any atom is -0.489 e. The first-order chi connectivity index (χ1) is 20.6. The van der Waals surface area contributed by atoms with E-state index in [1.165, 1.54) is 9.13 Å². The Hall–Kier alpha value is -3.70. The van der Waals surface area contributed by atoms with E-state index in [4.69, 9.17) is 9.47 Å². The minimum absolute atomic E-state index is 0.0513. The molecular weight excluding hydrogens is 560 g/mol. The molecule has 0 aliphatic heterocycles. The largest absolute Gasteiger partial charge is 0.489 e. The Morgan fingerprint density at radius 1 is 0.636 bits per heavy atom. The second kappa shape index (κ2) is 14.9. The highest BCUT2D eigenvalue weighted by Crippen LogP contribution is 2.23. The van der Waals surface area contributed by atoms with Gasteiger partial charge in [0.15, 0.2) is 0 Å². The van der Waals surface area contributed by atoms with E-state index in [0.29, 0.717) is 35.4 Å². The van der Waals surface area contributed by atoms with Crippen molar-refractivity contribution in [2.45, 2.75) is 64.8 Å². The number of aliphatic hydroxyl groups is 2. The van der Waals surface area contributed by atoms with Gasteiger partial charge < -0.3 is 39.5 Å². The Morgan fingerprint density at radius 3 is 1.27 bits per heavy atom. The molecule has 0 bridgehead atoms. The molecule has 2 atom stereocenters. The van der Waals surface area contributed by atoms with Gasteiger partial charge in [-0.2, -0.15) is 0 Å². The minimum atomic E-state index is -0.616. The fourth-order valence-corrected chi connectivity index (χ4v) is 4.32. The molecule has 0 radical (unpaired) electrons. The van der Waals surface area contributed by atoms with Gasteiger partial charge in [-0.3, -0.25) is 9.59 Å². The van der Waals surface area contributed by atoms with E-state index in [1.807, 2.05) is 77.9 Å². The lowest BCUT2D eigenvalue weighted by Gasteiger charge is -2.23. The van der Waals surface area contributed by atoms with Crippen LogP contribution < -0.4 is 31.2 Å². The van der Waals surface area contributed by atoms with Crippen LogP contribution in [0.3, 0.4) is 0 Å². The van der Waals surface area contributed by atoms with Gasteiger partial charge in [0.05, 0.1) is 10.8 Å². The van der Waals surface area contributed by atoms with Gasteiger partial charge in [0.1, 0.15) is 36.9 Å². The van der Waals surface area contributed by atoms with Crippen molar-refractivity contribution in [1.29, 1.82) is 0 Å². The van der Waals surface area contributed by atoms with E-state index in [0.717, 1.165) is 10.8 Å². The highest BCUT2D eigenvalue weighted by Gasteiger charge is 2.15. The molecule has 44 heavy (non-hydrogen) atoms. The third-order valence-corrected chi connectivity index (χ3v) is 6.71. The number of fused-ring (bicyclic) bond motifs is 2. The van der Waals surface area contributed by atoms with E-state index in [2.05, 4.69) is 10.6 Å². The number of β-amino-alcohol motifs (C(OH)–C–C–N with tert-alkyl or cyclic N) is 2. The summed E-state index contributed by atoms with van der Waals surface area (Å²) in [6, 6.07) is 14.7. The first-order valence-electron chi connectivity index (χ1n) is 14.8. The molecule has 10 heteroatoms. The molecule has 10 nitrogen and oxygen atoms in total. The second-order valence-electron chi connectivity index (χ2n) is 13.1. The highest BCUT2D eigenvalue weighted by atomic mass is 16.5. The quantitative estimate of drug-likeness (QED) is 0.216. The fourth-order valence-electron chi connectivity index (χ4n) is 4.32. The topological polar surface area (TPSA) is 127 Å². The lowest BCUT2D eigenvalue weighted by molar-refractivity contribution is 0.100. The monoisotopic (exact) mass is 608 g/mol. The molecule has 0 aliphatic carbocycles. The van der Waals surface area contributed by atoms with Crippen molar-refractivity contribution in [1.82, 2.24) is 19.8 Å². The standard InChI is InChI=1S/2C17H24N2O3/c2*1-17(2,3)18-9-12(20)11-22-15-10-19(4)16(21)14-8-6-5-7-13(14)15/h2*5-8,10,12,18,20H,9,11H2,1-4H3. The number of pyridine rings is 2. The first-order valence-corrected chi connectivity index (χ1v) is 14.8. The second-order valence-corrected chi connectivity index (χ2v) is 13.1. The van der Waals surface area contributed by atoms with Gasteiger partial charge in [0, 0.05) is 61.4 Å². The summed E-state index contributed by atoms with van der Waals surface area (Å²) in [5.41, 5.74) is -0.218. The molecule has 0 amide bonds. The van der Waals surface area contributed by atoms with Gasteiger partial charge in [-0.1, -0.05) is 36.4 Å². The average Bonchev–Trinajstić information content (AvgIpc) is 2.97. The zero-order valence-electron chi connectivity index (χ0n) is 27.2. The van der Waals surface area contributed by atoms with Crippen molar-refractivity contribution in [3.63, 3.8) is 0 Å². The summed E-state index contributed by atoms with van der Waals surface area (Å²) < 4.78 is 14.5. The van der Waals surface area contributed by atoms with E-state index >= 15 is 0 Å². The van der Waals surface area contributed by atoms with Crippen LogP contribution in [-0.2, 0) is 14.1 Å². The average molecular weight is 609 g/mol. The van der Waals surface area contributed by atoms with E-state index in [1.54, 1.807) is 38.6 Å². The smallest absolute Gasteiger partial charge is 0.258 e. The molecular formula is C34H48N4O6. The molecule has 4 rings (SSSR count). The normalized spacial score (nSPS) is 13.3. The van der Waals surface area contributed by atoms with Crippen LogP contribution in [0.4, 0.5) is 0 Å². The number of ether oxygens (including phenoxy) is 2. The van der Waals surface area contributed by atoms with Crippen LogP contribution in [0, 0.1) is 0 Å². The van der Waals surface area contributed by atoms with Gasteiger partial charge in [-0.25, -0.2) is 0 Å². The lowest BCUT2D eigenvalue weighted by Crippen LogP contribution is -2.42. The van der Waals surface area contributed by atoms with Crippen LogP contribution >= 0.6 is 0 Å². The Kier molecular flexibility index (Phi) is 11.7. The maximum atomic E-state index is 12.1. The van der Waals surface area contributed by atoms with Crippen LogP contribution in [0.1, 0.15) is 41.5 Å². The molecule has 240 valence electrons. The molecule has 2 aromatic heterocycles. The number of aliphatic hydroxyl groups excluding tert-OH is 2. The van der Waals surface area contributed by atoms with Gasteiger partial charge in [0.25, 0.3) is 11.1 Å². The first kappa shape index (κ1) is 34.8. The number of hydrogen-bond donors (Lipinski definition) is 4. The summed E-state index contributed by atoms with van der Waals surface area (Å²) in [5.74, 6) is 1.21. The van der Waals surface area contributed by atoms with E-state index in [-0.39, 0.29) is 35.4 Å². The number of nitrogens with zero attached hydrogens (tertiary/aromatic N) is 2. The van der Waals surface area contributed by atoms with Gasteiger partial charge >= 0.3 is 0 Å². The third-order valence-electron chi connectivity index (χ3n) is 6.71. The molecule has 4 aromatic rings. The van der Waals surface area contributed by atoms with Gasteiger partial charge in [0.2, 0.25) is 0 Å². The van der Waals surface area contributed by atoms with Crippen molar-refractivity contribution in [3.8, 4) is 11.5 Å². The maximum Gasteiger partial charge on any atom is 0.258 e. The number of aryl methyl sites for hydroxylation is 2. The van der Waals surface area contributed by atoms with Crippen LogP contribution in [0.25, 0.3) is 21.5 Å². The van der Waals surface area contributed by atoms with Crippen LogP contribution in [0.5, 0.6) is 11.5 Å². The maximum absolute atomic E-state index is 12.1. The summed E-state index contributed by atoms with van der Waals surface area (Å²) in [4.78, 5) is 24.2. The van der Waals surface area contributed by atoms with Crippen molar-refractivity contribution in [2.24, 2.45) is 14.1 Å². The fraction of sp³-hybridized carbons (Fsp3) is 0.471. The highest BCUT2D eigenvalue weighted by molar-refractivity contribution is 5.87. The van der Waals surface area contributed by atoms with Crippen molar-refractivity contribution >= 4 is 21.5 Å². The zero-order chi connectivity index (χ0) is 32.7. The number of hydrogen-bond acceptors (Lipinski definition) is 8. The molecule has 0 aliphatic rings. The molecule has 0 spiro atoms. The summed E-state index contributed by atoms with van der Waals surface area (Å²) in [6.45, 7) is 13.5. The Balaban J connectivity index is 0.000000240. The van der Waals surface area contributed by atoms with Crippen molar-refractivity contribution in [2.75, 3.05) is 26.3 Å². The summed E-state index contributed by atoms with van der Waals surface area (Å²) >= 11 is 0. The van der Waals surface area contributed by atoms with Gasteiger partial charge in [-0.15, -0.1) is 0 Å². The number of aromatic nitrogens is 2. The molecule has 0 saturated heterocycles. The van der Waals surface area contributed by atoms with E-state index in [9.17, 15) is 19.8 Å². The molecule has 2 heterocycles. The summed E-state index contributed by atoms with van der Waals surface area (Å²) in [6.07, 6.45) is 2.09. The Morgan fingerprint density at radius 2 is 0.955 bits per heavy atom. The molecule has 2 unspecified atom stereocenters. The van der Waals surface area contributed by atoms with Crippen LogP contribution in [0.2, 0.25) is 0 Å². The van der Waals surface area contributed by atoms with Crippen molar-refractivity contribution in [3.05, 3.63) is 81.6 Å². The Labute approximate surface area is 259 Å². The zero-order valence-corrected chi connectivity index (χ0v) is 27.2. The summed E-state index contributed by atoms with van der Waals surface area (Å²) in [5, 5.41) is 29.3. The van der Waals surface area contributed by atoms with E-state index < -0.39 is 12.2 Å². The number of rotatable bonds is 10. The SMILES string of the molecule is Cn1cc(OCC(O)CNC(C)(C)C)c2ccccc2c1=O.Cn1cc(OCC(O)CNC(C)(C)C)c2ccccc2c1=O. The lowest BCUT2D eigenvalue weighted by atomic mass is 10.1. The predicted molar refractivity (Wildman–Crippen MR) is 177 cm³/mol. The summed E-state index contributed by atoms with van der Waals surface area (Å²) in [7, 11) is 3.39. The van der Waals surface area contributed by atoms with Crippen LogP contribution in [0.15, 0.2) is 70.5 Å². The number of benzene rings is 2. The molecule has 0 saturated carbocycles. The third kappa shape index (κ3) is 10.2. The van der Waals surface area contributed by atoms with Crippen molar-refractivity contribution < 1.29 is 19.7 Å². The van der Waals surface area contributed by atoms with Crippen LogP contribution in [-0.4, -0.2) is 68.9 Å². The Bertz CT molecular complexity index is 1530. The predicted octanol–water partition coefficient (Wildman–Crippen LogP) is 3.33. The number of nitrogens with one attached hydrogen (secondary N) is 2.